The maximum absolute atomic E-state index is 9.77. The van der Waals surface area contributed by atoms with E-state index >= 15 is 0 Å². The predicted molar refractivity (Wildman–Crippen MR) is 35.0 cm³/mol. The first-order valence-electron chi connectivity index (χ1n) is 2.32. The van der Waals surface area contributed by atoms with E-state index in [1.807, 2.05) is 0 Å². The molecule has 0 atom stereocenters. The Morgan fingerprint density at radius 1 is 1.67 bits per heavy atom. The third-order valence-corrected chi connectivity index (χ3v) is 1.25. The molecule has 0 amide bonds. The SMILES string of the molecule is O=C/C=C/c1csnn1. The van der Waals surface area contributed by atoms with Gasteiger partial charge in [0.05, 0.1) is 5.69 Å². The molecule has 0 spiro atoms. The van der Waals surface area contributed by atoms with Crippen LogP contribution in [0.5, 0.6) is 0 Å². The summed E-state index contributed by atoms with van der Waals surface area (Å²) in [5.74, 6) is 0. The van der Waals surface area contributed by atoms with Gasteiger partial charge in [-0.2, -0.15) is 0 Å². The van der Waals surface area contributed by atoms with E-state index in [4.69, 9.17) is 0 Å². The van der Waals surface area contributed by atoms with Gasteiger partial charge in [0, 0.05) is 5.38 Å². The fourth-order valence-corrected chi connectivity index (χ4v) is 0.805. The maximum atomic E-state index is 9.77. The fraction of sp³-hybridized carbons (Fsp3) is 0. The van der Waals surface area contributed by atoms with Crippen LogP contribution in [0.1, 0.15) is 5.69 Å². The minimum atomic E-state index is 0.708. The summed E-state index contributed by atoms with van der Waals surface area (Å²) in [6.45, 7) is 0. The minimum absolute atomic E-state index is 0.708. The minimum Gasteiger partial charge on any atom is -0.299 e. The third kappa shape index (κ3) is 1.73. The quantitative estimate of drug-likeness (QED) is 0.449. The molecule has 0 saturated carbocycles. The van der Waals surface area contributed by atoms with Crippen LogP contribution in [0.3, 0.4) is 0 Å². The first-order chi connectivity index (χ1) is 4.43. The average molecular weight is 140 g/mol. The first kappa shape index (κ1) is 6.10. The van der Waals surface area contributed by atoms with Crippen LogP contribution in [0.25, 0.3) is 6.08 Å². The number of rotatable bonds is 2. The zero-order valence-corrected chi connectivity index (χ0v) is 5.34. The fourth-order valence-electron chi connectivity index (χ4n) is 0.382. The molecule has 0 aliphatic heterocycles. The van der Waals surface area contributed by atoms with E-state index in [0.717, 1.165) is 5.69 Å². The lowest BCUT2D eigenvalue weighted by Crippen LogP contribution is -1.69. The van der Waals surface area contributed by atoms with E-state index < -0.39 is 0 Å². The summed E-state index contributed by atoms with van der Waals surface area (Å²) in [5.41, 5.74) is 0.729. The van der Waals surface area contributed by atoms with E-state index in [2.05, 4.69) is 9.59 Å². The van der Waals surface area contributed by atoms with Crippen molar-refractivity contribution in [2.24, 2.45) is 0 Å². The van der Waals surface area contributed by atoms with Gasteiger partial charge < -0.3 is 0 Å². The van der Waals surface area contributed by atoms with Crippen molar-refractivity contribution in [3.8, 4) is 0 Å². The topological polar surface area (TPSA) is 42.9 Å². The summed E-state index contributed by atoms with van der Waals surface area (Å²) < 4.78 is 3.60. The van der Waals surface area contributed by atoms with Crippen LogP contribution in [-0.2, 0) is 4.79 Å². The van der Waals surface area contributed by atoms with Crippen LogP contribution >= 0.6 is 11.5 Å². The smallest absolute Gasteiger partial charge is 0.142 e. The van der Waals surface area contributed by atoms with Crippen LogP contribution in [0, 0.1) is 0 Å². The van der Waals surface area contributed by atoms with E-state index in [0.29, 0.717) is 6.29 Å². The molecule has 0 aliphatic rings. The molecule has 1 heterocycles. The number of aldehydes is 1. The molecule has 0 unspecified atom stereocenters. The highest BCUT2D eigenvalue weighted by molar-refractivity contribution is 7.03. The summed E-state index contributed by atoms with van der Waals surface area (Å²) in [6.07, 6.45) is 3.70. The molecule has 4 heteroatoms. The Bertz CT molecular complexity index is 205. The lowest BCUT2D eigenvalue weighted by Gasteiger charge is -1.71. The molecule has 0 radical (unpaired) electrons. The lowest BCUT2D eigenvalue weighted by molar-refractivity contribution is -0.104. The molecule has 0 saturated heterocycles. The molecule has 3 nitrogen and oxygen atoms in total. The number of carbonyl (C=O) groups excluding carboxylic acids is 1. The zero-order valence-electron chi connectivity index (χ0n) is 4.52. The van der Waals surface area contributed by atoms with Gasteiger partial charge in [-0.1, -0.05) is 4.49 Å². The van der Waals surface area contributed by atoms with Gasteiger partial charge in [-0.3, -0.25) is 4.79 Å². The summed E-state index contributed by atoms with van der Waals surface area (Å²) in [4.78, 5) is 9.77. The van der Waals surface area contributed by atoms with Crippen molar-refractivity contribution >= 4 is 23.9 Å². The summed E-state index contributed by atoms with van der Waals surface area (Å²) in [5, 5.41) is 5.44. The Balaban J connectivity index is 2.67. The summed E-state index contributed by atoms with van der Waals surface area (Å²) >= 11 is 1.26. The zero-order chi connectivity index (χ0) is 6.53. The van der Waals surface area contributed by atoms with Gasteiger partial charge >= 0.3 is 0 Å². The molecule has 1 rings (SSSR count). The highest BCUT2D eigenvalue weighted by Crippen LogP contribution is 1.97. The molecule has 1 aromatic heterocycles. The lowest BCUT2D eigenvalue weighted by atomic mass is 10.4. The molecule has 0 aliphatic carbocycles. The van der Waals surface area contributed by atoms with Crippen LogP contribution in [0.15, 0.2) is 11.5 Å². The second-order valence-corrected chi connectivity index (χ2v) is 1.93. The Labute approximate surface area is 56.2 Å². The maximum Gasteiger partial charge on any atom is 0.142 e. The van der Waals surface area contributed by atoms with Crippen molar-refractivity contribution in [1.29, 1.82) is 0 Å². The van der Waals surface area contributed by atoms with Crippen molar-refractivity contribution in [3.63, 3.8) is 0 Å². The molecule has 0 aromatic carbocycles. The van der Waals surface area contributed by atoms with Crippen molar-refractivity contribution in [3.05, 3.63) is 17.2 Å². The van der Waals surface area contributed by atoms with Crippen LogP contribution in [0.4, 0.5) is 0 Å². The Morgan fingerprint density at radius 2 is 2.56 bits per heavy atom. The number of hydrogen-bond acceptors (Lipinski definition) is 4. The van der Waals surface area contributed by atoms with Gasteiger partial charge in [-0.25, -0.2) is 0 Å². The average Bonchev–Trinajstić information content (AvgIpc) is 2.34. The molecule has 9 heavy (non-hydrogen) atoms. The van der Waals surface area contributed by atoms with E-state index in [1.54, 1.807) is 11.5 Å². The first-order valence-corrected chi connectivity index (χ1v) is 3.16. The van der Waals surface area contributed by atoms with E-state index in [9.17, 15) is 4.79 Å². The molecule has 0 fully saturated rings. The van der Waals surface area contributed by atoms with Gasteiger partial charge in [-0.15, -0.1) is 5.10 Å². The summed E-state index contributed by atoms with van der Waals surface area (Å²) in [7, 11) is 0. The van der Waals surface area contributed by atoms with Crippen LogP contribution < -0.4 is 0 Å². The van der Waals surface area contributed by atoms with E-state index in [-0.39, 0.29) is 0 Å². The van der Waals surface area contributed by atoms with Gasteiger partial charge in [0.15, 0.2) is 0 Å². The Hall–Kier alpha value is -1.03. The van der Waals surface area contributed by atoms with Crippen molar-refractivity contribution < 1.29 is 4.79 Å². The number of carbonyl (C=O) groups is 1. The normalized spacial score (nSPS) is 10.2. The van der Waals surface area contributed by atoms with Crippen LogP contribution in [0.2, 0.25) is 0 Å². The van der Waals surface area contributed by atoms with E-state index in [1.165, 1.54) is 17.6 Å². The second-order valence-electron chi connectivity index (χ2n) is 1.32. The van der Waals surface area contributed by atoms with Gasteiger partial charge in [-0.05, 0) is 23.7 Å². The van der Waals surface area contributed by atoms with Crippen molar-refractivity contribution in [2.75, 3.05) is 0 Å². The monoisotopic (exact) mass is 140 g/mol. The number of allylic oxidation sites excluding steroid dienone is 1. The van der Waals surface area contributed by atoms with Crippen LogP contribution in [-0.4, -0.2) is 15.9 Å². The Kier molecular flexibility index (Phi) is 2.09. The third-order valence-electron chi connectivity index (χ3n) is 0.722. The van der Waals surface area contributed by atoms with Crippen molar-refractivity contribution in [2.45, 2.75) is 0 Å². The molecular formula is C5H4N2OS. The van der Waals surface area contributed by atoms with Crippen molar-refractivity contribution in [1.82, 2.24) is 9.59 Å². The molecule has 46 valence electrons. The van der Waals surface area contributed by atoms with Gasteiger partial charge in [0.25, 0.3) is 0 Å². The van der Waals surface area contributed by atoms with Gasteiger partial charge in [0.1, 0.15) is 6.29 Å². The molecule has 0 bridgehead atoms. The summed E-state index contributed by atoms with van der Waals surface area (Å²) in [6, 6.07) is 0. The predicted octanol–water partition coefficient (Wildman–Crippen LogP) is 0.750. The largest absolute Gasteiger partial charge is 0.299 e. The Morgan fingerprint density at radius 3 is 3.11 bits per heavy atom. The number of nitrogens with zero attached hydrogens (tertiary/aromatic N) is 2. The number of aromatic nitrogens is 2. The standard InChI is InChI=1S/C5H4N2OS/c8-3-1-2-5-4-9-7-6-5/h1-4H/b2-1+. The molecular weight excluding hydrogens is 136 g/mol. The molecule has 1 aromatic rings. The molecule has 0 N–H and O–H groups in total. The highest BCUT2D eigenvalue weighted by atomic mass is 32.1. The van der Waals surface area contributed by atoms with Gasteiger partial charge in [0.2, 0.25) is 0 Å². The number of hydrogen-bond donors (Lipinski definition) is 0. The second kappa shape index (κ2) is 3.09. The highest BCUT2D eigenvalue weighted by Gasteiger charge is 1.85.